The summed E-state index contributed by atoms with van der Waals surface area (Å²) in [5.41, 5.74) is 1.29. The molecule has 0 fully saturated rings. The molecule has 0 aliphatic rings. The number of aromatic nitrogens is 1. The monoisotopic (exact) mass is 202 g/mol. The highest BCUT2D eigenvalue weighted by Crippen LogP contribution is 2.22. The molecule has 1 heterocycles. The first kappa shape index (κ1) is 9.45. The van der Waals surface area contributed by atoms with Crippen LogP contribution in [0.1, 0.15) is 10.4 Å². The summed E-state index contributed by atoms with van der Waals surface area (Å²) in [6.45, 7) is 0. The van der Waals surface area contributed by atoms with Gasteiger partial charge in [0.05, 0.1) is 6.20 Å². The van der Waals surface area contributed by atoms with E-state index in [-0.39, 0.29) is 5.91 Å². The maximum atomic E-state index is 11.5. The van der Waals surface area contributed by atoms with Crippen molar-refractivity contribution in [3.8, 4) is 11.3 Å². The van der Waals surface area contributed by atoms with E-state index in [1.54, 1.807) is 7.05 Å². The second-order valence-electron chi connectivity index (χ2n) is 3.01. The van der Waals surface area contributed by atoms with E-state index in [1.807, 2.05) is 30.3 Å². The molecule has 2 aromatic rings. The standard InChI is InChI=1S/C11H10N2O2/c1-12-11(14)9-7-13-15-10(9)8-5-3-2-4-6-8/h2-7H,1H3,(H,12,14). The Hall–Kier alpha value is -2.10. The Morgan fingerprint density at radius 1 is 1.33 bits per heavy atom. The second kappa shape index (κ2) is 3.96. The molecule has 0 radical (unpaired) electrons. The molecule has 0 saturated heterocycles. The lowest BCUT2D eigenvalue weighted by molar-refractivity contribution is 0.0963. The third-order valence-corrected chi connectivity index (χ3v) is 2.08. The summed E-state index contributed by atoms with van der Waals surface area (Å²) in [7, 11) is 1.57. The molecule has 1 aromatic carbocycles. The van der Waals surface area contributed by atoms with Crippen LogP contribution in [-0.2, 0) is 0 Å². The van der Waals surface area contributed by atoms with Gasteiger partial charge < -0.3 is 9.84 Å². The Labute approximate surface area is 86.9 Å². The summed E-state index contributed by atoms with van der Waals surface area (Å²) < 4.78 is 5.06. The van der Waals surface area contributed by atoms with Crippen LogP contribution in [0.25, 0.3) is 11.3 Å². The third-order valence-electron chi connectivity index (χ3n) is 2.08. The minimum atomic E-state index is -0.199. The third kappa shape index (κ3) is 1.74. The molecule has 0 aliphatic heterocycles. The molecule has 0 atom stereocenters. The maximum absolute atomic E-state index is 11.5. The summed E-state index contributed by atoms with van der Waals surface area (Å²) in [5.74, 6) is 0.296. The van der Waals surface area contributed by atoms with Gasteiger partial charge in [-0.05, 0) is 0 Å². The van der Waals surface area contributed by atoms with Gasteiger partial charge in [0.1, 0.15) is 5.56 Å². The van der Waals surface area contributed by atoms with Crippen LogP contribution in [0.3, 0.4) is 0 Å². The maximum Gasteiger partial charge on any atom is 0.256 e. The Morgan fingerprint density at radius 3 is 2.73 bits per heavy atom. The van der Waals surface area contributed by atoms with E-state index >= 15 is 0 Å². The van der Waals surface area contributed by atoms with Crippen LogP contribution < -0.4 is 5.32 Å². The van der Waals surface area contributed by atoms with E-state index in [0.29, 0.717) is 11.3 Å². The van der Waals surface area contributed by atoms with Gasteiger partial charge in [0, 0.05) is 12.6 Å². The highest BCUT2D eigenvalue weighted by atomic mass is 16.5. The lowest BCUT2D eigenvalue weighted by Crippen LogP contribution is -2.17. The first-order valence-corrected chi connectivity index (χ1v) is 4.55. The Kier molecular flexibility index (Phi) is 2.49. The fourth-order valence-corrected chi connectivity index (χ4v) is 1.33. The van der Waals surface area contributed by atoms with Crippen molar-refractivity contribution in [3.05, 3.63) is 42.1 Å². The molecule has 2 rings (SSSR count). The zero-order valence-electron chi connectivity index (χ0n) is 8.23. The Morgan fingerprint density at radius 2 is 2.07 bits per heavy atom. The van der Waals surface area contributed by atoms with Gasteiger partial charge in [-0.3, -0.25) is 4.79 Å². The van der Waals surface area contributed by atoms with Gasteiger partial charge in [0.15, 0.2) is 5.76 Å². The zero-order chi connectivity index (χ0) is 10.7. The van der Waals surface area contributed by atoms with Gasteiger partial charge in [-0.2, -0.15) is 0 Å². The highest BCUT2D eigenvalue weighted by Gasteiger charge is 2.15. The lowest BCUT2D eigenvalue weighted by Gasteiger charge is -1.99. The van der Waals surface area contributed by atoms with E-state index in [4.69, 9.17) is 4.52 Å². The van der Waals surface area contributed by atoms with Crippen LogP contribution in [0.4, 0.5) is 0 Å². The van der Waals surface area contributed by atoms with Crippen molar-refractivity contribution in [2.75, 3.05) is 7.05 Å². The van der Waals surface area contributed by atoms with Gasteiger partial charge >= 0.3 is 0 Å². The van der Waals surface area contributed by atoms with Crippen molar-refractivity contribution in [3.63, 3.8) is 0 Å². The molecule has 76 valence electrons. The molecular formula is C11H10N2O2. The van der Waals surface area contributed by atoms with Crippen LogP contribution in [0, 0.1) is 0 Å². The van der Waals surface area contributed by atoms with Crippen LogP contribution in [0.2, 0.25) is 0 Å². The lowest BCUT2D eigenvalue weighted by atomic mass is 10.1. The number of rotatable bonds is 2. The molecule has 4 nitrogen and oxygen atoms in total. The van der Waals surface area contributed by atoms with Crippen molar-refractivity contribution >= 4 is 5.91 Å². The summed E-state index contributed by atoms with van der Waals surface area (Å²) in [6, 6.07) is 9.40. The second-order valence-corrected chi connectivity index (χ2v) is 3.01. The Bertz CT molecular complexity index is 462. The number of nitrogens with zero attached hydrogens (tertiary/aromatic N) is 1. The number of nitrogens with one attached hydrogen (secondary N) is 1. The van der Waals surface area contributed by atoms with Crippen LogP contribution in [-0.4, -0.2) is 18.1 Å². The minimum Gasteiger partial charge on any atom is -0.355 e. The molecule has 1 amide bonds. The molecular weight excluding hydrogens is 192 g/mol. The molecule has 0 unspecified atom stereocenters. The molecule has 1 aromatic heterocycles. The van der Waals surface area contributed by atoms with Crippen molar-refractivity contribution in [2.45, 2.75) is 0 Å². The summed E-state index contributed by atoms with van der Waals surface area (Å²) in [5, 5.41) is 6.17. The molecule has 0 spiro atoms. The van der Waals surface area contributed by atoms with Crippen LogP contribution in [0.5, 0.6) is 0 Å². The molecule has 15 heavy (non-hydrogen) atoms. The first-order chi connectivity index (χ1) is 7.33. The molecule has 1 N–H and O–H groups in total. The van der Waals surface area contributed by atoms with E-state index < -0.39 is 0 Å². The number of amides is 1. The molecule has 0 aliphatic carbocycles. The van der Waals surface area contributed by atoms with Crippen molar-refractivity contribution in [2.24, 2.45) is 0 Å². The highest BCUT2D eigenvalue weighted by molar-refractivity contribution is 5.99. The fraction of sp³-hybridized carbons (Fsp3) is 0.0909. The predicted molar refractivity (Wildman–Crippen MR) is 55.3 cm³/mol. The number of carbonyl (C=O) groups excluding carboxylic acids is 1. The first-order valence-electron chi connectivity index (χ1n) is 4.55. The van der Waals surface area contributed by atoms with E-state index in [9.17, 15) is 4.79 Å². The largest absolute Gasteiger partial charge is 0.355 e. The van der Waals surface area contributed by atoms with Crippen molar-refractivity contribution in [1.82, 2.24) is 10.5 Å². The van der Waals surface area contributed by atoms with Crippen molar-refractivity contribution < 1.29 is 9.32 Å². The van der Waals surface area contributed by atoms with E-state index in [0.717, 1.165) is 5.56 Å². The smallest absolute Gasteiger partial charge is 0.256 e. The predicted octanol–water partition coefficient (Wildman–Crippen LogP) is 1.70. The van der Waals surface area contributed by atoms with Crippen molar-refractivity contribution in [1.29, 1.82) is 0 Å². The number of carbonyl (C=O) groups is 1. The molecule has 0 saturated carbocycles. The zero-order valence-corrected chi connectivity index (χ0v) is 8.23. The van der Waals surface area contributed by atoms with Gasteiger partial charge in [-0.1, -0.05) is 35.5 Å². The summed E-state index contributed by atoms with van der Waals surface area (Å²) in [6.07, 6.45) is 1.42. The number of hydrogen-bond acceptors (Lipinski definition) is 3. The minimum absolute atomic E-state index is 0.199. The normalized spacial score (nSPS) is 9.93. The number of benzene rings is 1. The van der Waals surface area contributed by atoms with Gasteiger partial charge in [0.2, 0.25) is 0 Å². The van der Waals surface area contributed by atoms with Gasteiger partial charge in [0.25, 0.3) is 5.91 Å². The average molecular weight is 202 g/mol. The quantitative estimate of drug-likeness (QED) is 0.806. The average Bonchev–Trinajstić information content (AvgIpc) is 2.78. The topological polar surface area (TPSA) is 55.1 Å². The fourth-order valence-electron chi connectivity index (χ4n) is 1.33. The molecule has 0 bridgehead atoms. The molecule has 4 heteroatoms. The van der Waals surface area contributed by atoms with E-state index in [2.05, 4.69) is 10.5 Å². The Balaban J connectivity index is 2.46. The van der Waals surface area contributed by atoms with Crippen LogP contribution >= 0.6 is 0 Å². The summed E-state index contributed by atoms with van der Waals surface area (Å²) >= 11 is 0. The summed E-state index contributed by atoms with van der Waals surface area (Å²) in [4.78, 5) is 11.5. The SMILES string of the molecule is CNC(=O)c1cnoc1-c1ccccc1. The number of hydrogen-bond donors (Lipinski definition) is 1. The van der Waals surface area contributed by atoms with Gasteiger partial charge in [-0.25, -0.2) is 0 Å². The van der Waals surface area contributed by atoms with Crippen LogP contribution in [0.15, 0.2) is 41.1 Å². The van der Waals surface area contributed by atoms with Gasteiger partial charge in [-0.15, -0.1) is 0 Å². The van der Waals surface area contributed by atoms with E-state index in [1.165, 1.54) is 6.20 Å².